The molecule has 0 heterocycles. The van der Waals surface area contributed by atoms with Crippen molar-refractivity contribution in [1.29, 1.82) is 5.26 Å². The lowest BCUT2D eigenvalue weighted by Gasteiger charge is -2.19. The van der Waals surface area contributed by atoms with Gasteiger partial charge in [0, 0.05) is 10.5 Å². The molecule has 1 N–H and O–H groups in total. The Morgan fingerprint density at radius 3 is 2.60 bits per heavy atom. The van der Waals surface area contributed by atoms with E-state index < -0.39 is 0 Å². The molecule has 0 saturated heterocycles. The molecule has 0 fully saturated rings. The summed E-state index contributed by atoms with van der Waals surface area (Å²) in [6.07, 6.45) is 0. The average Bonchev–Trinajstić information content (AvgIpc) is 2.41. The number of hydrogen-bond acceptors (Lipinski definition) is 2. The fraction of sp³-hybridized carbons (Fsp3) is 0.235. The van der Waals surface area contributed by atoms with Crippen molar-refractivity contribution < 1.29 is 0 Å². The highest BCUT2D eigenvalue weighted by Gasteiger charge is 2.11. The van der Waals surface area contributed by atoms with Crippen LogP contribution in [0, 0.1) is 25.2 Å². The summed E-state index contributed by atoms with van der Waals surface area (Å²) in [7, 11) is 0. The summed E-state index contributed by atoms with van der Waals surface area (Å²) in [4.78, 5) is 0. The zero-order chi connectivity index (χ0) is 14.7. The zero-order valence-electron chi connectivity index (χ0n) is 11.9. The number of halogens is 1. The van der Waals surface area contributed by atoms with Crippen molar-refractivity contribution in [2.75, 3.05) is 5.32 Å². The fourth-order valence-electron chi connectivity index (χ4n) is 2.27. The smallest absolute Gasteiger partial charge is 0.101 e. The van der Waals surface area contributed by atoms with Gasteiger partial charge in [-0.05, 0) is 50.1 Å². The molecule has 0 saturated carbocycles. The average molecular weight is 329 g/mol. The van der Waals surface area contributed by atoms with E-state index in [0.717, 1.165) is 10.2 Å². The molecule has 2 aromatic rings. The first kappa shape index (κ1) is 14.6. The van der Waals surface area contributed by atoms with Crippen LogP contribution in [-0.4, -0.2) is 0 Å². The fourth-order valence-corrected chi connectivity index (χ4v) is 2.63. The van der Waals surface area contributed by atoms with Crippen LogP contribution in [0.15, 0.2) is 40.9 Å². The van der Waals surface area contributed by atoms with Gasteiger partial charge in [-0.2, -0.15) is 5.26 Å². The predicted octanol–water partition coefficient (Wildman–Crippen LogP) is 5.11. The second-order valence-electron chi connectivity index (χ2n) is 5.03. The lowest BCUT2D eigenvalue weighted by Crippen LogP contribution is -2.09. The van der Waals surface area contributed by atoms with Crippen molar-refractivity contribution in [3.05, 3.63) is 63.1 Å². The van der Waals surface area contributed by atoms with Crippen LogP contribution in [0.2, 0.25) is 0 Å². The van der Waals surface area contributed by atoms with Crippen molar-refractivity contribution in [1.82, 2.24) is 0 Å². The van der Waals surface area contributed by atoms with Crippen molar-refractivity contribution in [2.45, 2.75) is 26.8 Å². The minimum Gasteiger partial charge on any atom is -0.377 e. The third-order valence-corrected chi connectivity index (χ3v) is 3.87. The topological polar surface area (TPSA) is 35.8 Å². The molecule has 2 nitrogen and oxygen atoms in total. The first-order valence-corrected chi connectivity index (χ1v) is 7.34. The van der Waals surface area contributed by atoms with Gasteiger partial charge in [0.2, 0.25) is 0 Å². The lowest BCUT2D eigenvalue weighted by molar-refractivity contribution is 0.871. The number of hydrogen-bond donors (Lipinski definition) is 1. The van der Waals surface area contributed by atoms with Crippen molar-refractivity contribution >= 4 is 21.6 Å². The van der Waals surface area contributed by atoms with Crippen molar-refractivity contribution in [2.24, 2.45) is 0 Å². The summed E-state index contributed by atoms with van der Waals surface area (Å²) < 4.78 is 0.965. The summed E-state index contributed by atoms with van der Waals surface area (Å²) in [6, 6.07) is 14.5. The van der Waals surface area contributed by atoms with Crippen LogP contribution in [0.3, 0.4) is 0 Å². The van der Waals surface area contributed by atoms with E-state index in [1.54, 1.807) is 0 Å². The molecule has 1 atom stereocenters. The molecule has 2 aromatic carbocycles. The summed E-state index contributed by atoms with van der Waals surface area (Å²) in [5.41, 5.74) is 5.27. The summed E-state index contributed by atoms with van der Waals surface area (Å²) in [5, 5.41) is 12.6. The van der Waals surface area contributed by atoms with Gasteiger partial charge in [0.05, 0.1) is 11.3 Å². The van der Waals surface area contributed by atoms with Crippen molar-refractivity contribution in [3.8, 4) is 6.07 Å². The Labute approximate surface area is 128 Å². The molecule has 0 aliphatic heterocycles. The normalized spacial score (nSPS) is 11.8. The molecule has 20 heavy (non-hydrogen) atoms. The molecule has 1 unspecified atom stereocenters. The van der Waals surface area contributed by atoms with Gasteiger partial charge in [0.25, 0.3) is 0 Å². The maximum Gasteiger partial charge on any atom is 0.101 e. The van der Waals surface area contributed by atoms with Crippen LogP contribution >= 0.6 is 15.9 Å². The quantitative estimate of drug-likeness (QED) is 0.849. The molecular weight excluding hydrogens is 312 g/mol. The first-order chi connectivity index (χ1) is 9.51. The molecule has 0 aliphatic carbocycles. The Bertz CT molecular complexity index is 671. The molecule has 0 spiro atoms. The van der Waals surface area contributed by atoms with Gasteiger partial charge in [0.15, 0.2) is 0 Å². The number of nitrogens with one attached hydrogen (secondary N) is 1. The minimum absolute atomic E-state index is 0.149. The molecule has 0 aromatic heterocycles. The maximum atomic E-state index is 9.19. The number of nitrogens with zero attached hydrogens (tertiary/aromatic N) is 1. The Kier molecular flexibility index (Phi) is 4.46. The van der Waals surface area contributed by atoms with E-state index in [0.29, 0.717) is 5.56 Å². The Balaban J connectivity index is 2.32. The van der Waals surface area contributed by atoms with Crippen LogP contribution in [0.1, 0.15) is 35.2 Å². The molecule has 0 radical (unpaired) electrons. The lowest BCUT2D eigenvalue weighted by atomic mass is 9.99. The van der Waals surface area contributed by atoms with Crippen LogP contribution in [-0.2, 0) is 0 Å². The number of benzene rings is 2. The SMILES string of the molecule is Cc1ccc(C)c(C(C)Nc2cc(Br)ccc2C#N)c1. The van der Waals surface area contributed by atoms with Gasteiger partial charge >= 0.3 is 0 Å². The third kappa shape index (κ3) is 3.20. The molecule has 0 amide bonds. The summed E-state index contributed by atoms with van der Waals surface area (Å²) in [5.74, 6) is 0. The minimum atomic E-state index is 0.149. The largest absolute Gasteiger partial charge is 0.377 e. The van der Waals surface area contributed by atoms with Crippen LogP contribution in [0.5, 0.6) is 0 Å². The van der Waals surface area contributed by atoms with E-state index in [1.807, 2.05) is 18.2 Å². The Morgan fingerprint density at radius 1 is 1.15 bits per heavy atom. The monoisotopic (exact) mass is 328 g/mol. The van der Waals surface area contributed by atoms with Gasteiger partial charge in [0.1, 0.15) is 6.07 Å². The van der Waals surface area contributed by atoms with Gasteiger partial charge in [-0.1, -0.05) is 39.7 Å². The van der Waals surface area contributed by atoms with E-state index in [1.165, 1.54) is 16.7 Å². The van der Waals surface area contributed by atoms with E-state index in [2.05, 4.69) is 66.3 Å². The van der Waals surface area contributed by atoms with E-state index in [9.17, 15) is 5.26 Å². The Hall–Kier alpha value is -1.79. The third-order valence-electron chi connectivity index (χ3n) is 3.38. The number of aryl methyl sites for hydroxylation is 2. The molecule has 0 bridgehead atoms. The van der Waals surface area contributed by atoms with E-state index in [4.69, 9.17) is 0 Å². The van der Waals surface area contributed by atoms with Crippen molar-refractivity contribution in [3.63, 3.8) is 0 Å². The second kappa shape index (κ2) is 6.11. The molecule has 0 aliphatic rings. The van der Waals surface area contributed by atoms with Gasteiger partial charge in [-0.25, -0.2) is 0 Å². The summed E-state index contributed by atoms with van der Waals surface area (Å²) >= 11 is 3.45. The van der Waals surface area contributed by atoms with Crippen LogP contribution in [0.4, 0.5) is 5.69 Å². The highest BCUT2D eigenvalue weighted by Crippen LogP contribution is 2.27. The van der Waals surface area contributed by atoms with Gasteiger partial charge in [-0.15, -0.1) is 0 Å². The highest BCUT2D eigenvalue weighted by molar-refractivity contribution is 9.10. The van der Waals surface area contributed by atoms with Crippen LogP contribution in [0.25, 0.3) is 0 Å². The molecular formula is C17H17BrN2. The Morgan fingerprint density at radius 2 is 1.90 bits per heavy atom. The first-order valence-electron chi connectivity index (χ1n) is 6.54. The number of nitriles is 1. The van der Waals surface area contributed by atoms with Gasteiger partial charge < -0.3 is 5.32 Å². The zero-order valence-corrected chi connectivity index (χ0v) is 13.5. The predicted molar refractivity (Wildman–Crippen MR) is 86.8 cm³/mol. The van der Waals surface area contributed by atoms with Crippen LogP contribution < -0.4 is 5.32 Å². The second-order valence-corrected chi connectivity index (χ2v) is 5.94. The summed E-state index contributed by atoms with van der Waals surface area (Å²) in [6.45, 7) is 6.32. The molecule has 3 heteroatoms. The standard InChI is InChI=1S/C17H17BrN2/c1-11-4-5-12(2)16(8-11)13(3)20-17-9-15(18)7-6-14(17)10-19/h4-9,13,20H,1-3H3. The number of anilines is 1. The number of rotatable bonds is 3. The molecule has 102 valence electrons. The maximum absolute atomic E-state index is 9.19. The van der Waals surface area contributed by atoms with E-state index >= 15 is 0 Å². The highest BCUT2D eigenvalue weighted by atomic mass is 79.9. The van der Waals surface area contributed by atoms with Gasteiger partial charge in [-0.3, -0.25) is 0 Å². The van der Waals surface area contributed by atoms with E-state index in [-0.39, 0.29) is 6.04 Å². The molecule has 2 rings (SSSR count).